The van der Waals surface area contributed by atoms with Crippen LogP contribution in [0.3, 0.4) is 0 Å². The first-order valence-corrected chi connectivity index (χ1v) is 8.83. The number of aryl methyl sites for hydroxylation is 1. The normalized spacial score (nSPS) is 10.5. The second-order valence-corrected chi connectivity index (χ2v) is 6.29. The van der Waals surface area contributed by atoms with Gasteiger partial charge in [-0.2, -0.15) is 0 Å². The number of carbonyl (C=O) groups is 1. The van der Waals surface area contributed by atoms with E-state index >= 15 is 0 Å². The van der Waals surface area contributed by atoms with Crippen LogP contribution >= 0.6 is 0 Å². The highest BCUT2D eigenvalue weighted by atomic mass is 16.6. The van der Waals surface area contributed by atoms with E-state index in [1.54, 1.807) is 19.1 Å². The number of nitrogens with zero attached hydrogens (tertiary/aromatic N) is 1. The summed E-state index contributed by atoms with van der Waals surface area (Å²) in [5.41, 5.74) is 3.37. The molecule has 6 nitrogen and oxygen atoms in total. The maximum absolute atomic E-state index is 12.0. The maximum Gasteiger partial charge on any atom is 0.272 e. The lowest BCUT2D eigenvalue weighted by atomic mass is 10.1. The highest BCUT2D eigenvalue weighted by Gasteiger charge is 2.10. The van der Waals surface area contributed by atoms with E-state index in [2.05, 4.69) is 17.6 Å². The Bertz CT molecular complexity index is 757. The molecule has 138 valence electrons. The van der Waals surface area contributed by atoms with Gasteiger partial charge in [0.05, 0.1) is 4.92 Å². The van der Waals surface area contributed by atoms with Crippen molar-refractivity contribution in [1.82, 2.24) is 10.6 Å². The van der Waals surface area contributed by atoms with Crippen LogP contribution < -0.4 is 10.6 Å². The van der Waals surface area contributed by atoms with Crippen LogP contribution in [-0.4, -0.2) is 17.4 Å². The van der Waals surface area contributed by atoms with E-state index in [1.165, 1.54) is 0 Å². The number of nitro benzene ring substituents is 1. The average Bonchev–Trinajstić information content (AvgIpc) is 2.63. The fourth-order valence-electron chi connectivity index (χ4n) is 2.57. The van der Waals surface area contributed by atoms with Crippen LogP contribution in [0.1, 0.15) is 46.8 Å². The van der Waals surface area contributed by atoms with Gasteiger partial charge in [-0.05, 0) is 36.6 Å². The molecule has 2 rings (SSSR count). The molecule has 6 heteroatoms. The van der Waals surface area contributed by atoms with Crippen molar-refractivity contribution in [2.24, 2.45) is 0 Å². The van der Waals surface area contributed by atoms with Gasteiger partial charge in [-0.3, -0.25) is 14.9 Å². The highest BCUT2D eigenvalue weighted by molar-refractivity contribution is 5.94. The molecule has 0 saturated heterocycles. The molecule has 0 aliphatic rings. The molecule has 1 amide bonds. The molecule has 0 atom stereocenters. The Hall–Kier alpha value is -2.73. The van der Waals surface area contributed by atoms with E-state index in [1.807, 2.05) is 30.3 Å². The molecule has 0 aromatic heterocycles. The third-order valence-corrected chi connectivity index (χ3v) is 4.16. The Balaban J connectivity index is 1.85. The van der Waals surface area contributed by atoms with Crippen LogP contribution in [0.5, 0.6) is 0 Å². The third-order valence-electron chi connectivity index (χ3n) is 4.16. The van der Waals surface area contributed by atoms with Crippen molar-refractivity contribution in [2.45, 2.75) is 39.8 Å². The Morgan fingerprint density at radius 3 is 2.38 bits per heavy atom. The van der Waals surface area contributed by atoms with Gasteiger partial charge in [-0.15, -0.1) is 0 Å². The van der Waals surface area contributed by atoms with E-state index in [-0.39, 0.29) is 16.5 Å². The van der Waals surface area contributed by atoms with Crippen molar-refractivity contribution in [3.8, 4) is 0 Å². The van der Waals surface area contributed by atoms with E-state index in [0.29, 0.717) is 30.8 Å². The molecule has 0 saturated carbocycles. The Kier molecular flexibility index (Phi) is 7.29. The van der Waals surface area contributed by atoms with Gasteiger partial charge in [-0.25, -0.2) is 0 Å². The maximum atomic E-state index is 12.0. The molecule has 0 spiro atoms. The van der Waals surface area contributed by atoms with E-state index in [9.17, 15) is 14.9 Å². The number of nitro groups is 1. The number of unbranched alkanes of at least 4 members (excludes halogenated alkanes) is 1. The fraction of sp³-hybridized carbons (Fsp3) is 0.350. The molecule has 0 fully saturated rings. The smallest absolute Gasteiger partial charge is 0.272 e. The zero-order chi connectivity index (χ0) is 18.9. The van der Waals surface area contributed by atoms with E-state index in [4.69, 9.17) is 0 Å². The van der Waals surface area contributed by atoms with Crippen LogP contribution in [0.2, 0.25) is 0 Å². The Morgan fingerprint density at radius 2 is 1.73 bits per heavy atom. The molecule has 0 radical (unpaired) electrons. The summed E-state index contributed by atoms with van der Waals surface area (Å²) in [4.78, 5) is 22.6. The molecular formula is C20H25N3O3. The summed E-state index contributed by atoms with van der Waals surface area (Å²) in [5.74, 6) is -0.0510. The number of nitrogens with one attached hydrogen (secondary N) is 2. The molecule has 0 unspecified atom stereocenters. The van der Waals surface area contributed by atoms with Gasteiger partial charge in [0.15, 0.2) is 0 Å². The first-order chi connectivity index (χ1) is 12.5. The summed E-state index contributed by atoms with van der Waals surface area (Å²) >= 11 is 0. The van der Waals surface area contributed by atoms with Crippen molar-refractivity contribution >= 4 is 11.6 Å². The van der Waals surface area contributed by atoms with Crippen molar-refractivity contribution in [3.05, 3.63) is 74.8 Å². The summed E-state index contributed by atoms with van der Waals surface area (Å²) in [5, 5.41) is 17.2. The Labute approximate surface area is 153 Å². The zero-order valence-electron chi connectivity index (χ0n) is 15.2. The molecule has 2 N–H and O–H groups in total. The third kappa shape index (κ3) is 5.67. The summed E-state index contributed by atoms with van der Waals surface area (Å²) in [6, 6.07) is 12.7. The monoisotopic (exact) mass is 355 g/mol. The molecule has 26 heavy (non-hydrogen) atoms. The number of hydrogen-bond acceptors (Lipinski definition) is 4. The predicted octanol–water partition coefficient (Wildman–Crippen LogP) is 3.72. The van der Waals surface area contributed by atoms with Crippen molar-refractivity contribution in [1.29, 1.82) is 0 Å². The molecule has 0 heterocycles. The number of benzene rings is 2. The van der Waals surface area contributed by atoms with Crippen LogP contribution in [0.4, 0.5) is 5.69 Å². The molecule has 2 aromatic carbocycles. The van der Waals surface area contributed by atoms with Gasteiger partial charge in [-0.1, -0.05) is 37.6 Å². The summed E-state index contributed by atoms with van der Waals surface area (Å²) in [7, 11) is 0. The van der Waals surface area contributed by atoms with Crippen LogP contribution in [-0.2, 0) is 13.1 Å². The molecule has 0 bridgehead atoms. The summed E-state index contributed by atoms with van der Waals surface area (Å²) in [6.45, 7) is 5.68. The van der Waals surface area contributed by atoms with Crippen molar-refractivity contribution in [2.75, 3.05) is 6.54 Å². The lowest BCUT2D eigenvalue weighted by molar-refractivity contribution is -0.385. The highest BCUT2D eigenvalue weighted by Crippen LogP contribution is 2.19. The largest absolute Gasteiger partial charge is 0.352 e. The van der Waals surface area contributed by atoms with Gasteiger partial charge in [0, 0.05) is 36.8 Å². The van der Waals surface area contributed by atoms with E-state index < -0.39 is 0 Å². The van der Waals surface area contributed by atoms with Crippen LogP contribution in [0.15, 0.2) is 42.5 Å². The van der Waals surface area contributed by atoms with Gasteiger partial charge < -0.3 is 10.6 Å². The minimum atomic E-state index is -0.358. The van der Waals surface area contributed by atoms with Crippen molar-refractivity contribution in [3.63, 3.8) is 0 Å². The lowest BCUT2D eigenvalue weighted by Crippen LogP contribution is -2.24. The van der Waals surface area contributed by atoms with Crippen LogP contribution in [0, 0.1) is 17.0 Å². The first-order valence-electron chi connectivity index (χ1n) is 8.83. The predicted molar refractivity (Wildman–Crippen MR) is 102 cm³/mol. The molecule has 2 aromatic rings. The van der Waals surface area contributed by atoms with Gasteiger partial charge in [0.2, 0.25) is 0 Å². The van der Waals surface area contributed by atoms with Gasteiger partial charge >= 0.3 is 0 Å². The molecular weight excluding hydrogens is 330 g/mol. The van der Waals surface area contributed by atoms with E-state index in [0.717, 1.165) is 24.0 Å². The quantitative estimate of drug-likeness (QED) is 0.408. The topological polar surface area (TPSA) is 84.3 Å². The lowest BCUT2D eigenvalue weighted by Gasteiger charge is -2.08. The zero-order valence-corrected chi connectivity index (χ0v) is 15.2. The number of rotatable bonds is 9. The second kappa shape index (κ2) is 9.68. The van der Waals surface area contributed by atoms with Crippen LogP contribution in [0.25, 0.3) is 0 Å². The minimum Gasteiger partial charge on any atom is -0.352 e. The first kappa shape index (κ1) is 19.6. The van der Waals surface area contributed by atoms with Gasteiger partial charge in [0.25, 0.3) is 11.6 Å². The van der Waals surface area contributed by atoms with Gasteiger partial charge in [0.1, 0.15) is 0 Å². The minimum absolute atomic E-state index is 0.0510. The molecule has 0 aliphatic heterocycles. The average molecular weight is 355 g/mol. The Morgan fingerprint density at radius 1 is 1.08 bits per heavy atom. The molecule has 0 aliphatic carbocycles. The number of hydrogen-bond donors (Lipinski definition) is 2. The SMILES string of the molecule is CCCCNC(=O)c1ccc(CNCc2ccc(C)c([N+](=O)[O-])c2)cc1. The summed E-state index contributed by atoms with van der Waals surface area (Å²) in [6.07, 6.45) is 2.03. The number of carbonyl (C=O) groups excluding carboxylic acids is 1. The summed E-state index contributed by atoms with van der Waals surface area (Å²) < 4.78 is 0. The second-order valence-electron chi connectivity index (χ2n) is 6.29. The standard InChI is InChI=1S/C20H25N3O3/c1-3-4-11-22-20(24)18-9-7-16(8-10-18)13-21-14-17-6-5-15(2)19(12-17)23(25)26/h5-10,12,21H,3-4,11,13-14H2,1-2H3,(H,22,24). The van der Waals surface area contributed by atoms with Crippen molar-refractivity contribution < 1.29 is 9.72 Å². The fourth-order valence-corrected chi connectivity index (χ4v) is 2.57. The number of amides is 1.